The third-order valence-electron chi connectivity index (χ3n) is 2.92. The van der Waals surface area contributed by atoms with Crippen LogP contribution in [0.2, 0.25) is 0 Å². The van der Waals surface area contributed by atoms with Gasteiger partial charge in [0.25, 0.3) is 5.91 Å². The summed E-state index contributed by atoms with van der Waals surface area (Å²) in [5, 5.41) is 2.93. The highest BCUT2D eigenvalue weighted by Crippen LogP contribution is 2.22. The summed E-state index contributed by atoms with van der Waals surface area (Å²) < 4.78 is 0. The molecule has 6 heteroatoms. The van der Waals surface area contributed by atoms with Gasteiger partial charge < -0.3 is 21.7 Å². The number of hydrogen-bond acceptors (Lipinski definition) is 4. The molecule has 0 atom stereocenters. The number of nitrogens with zero attached hydrogens (tertiary/aromatic N) is 1. The van der Waals surface area contributed by atoms with Crippen LogP contribution in [-0.2, 0) is 4.79 Å². The predicted octanol–water partition coefficient (Wildman–Crippen LogP) is 0.648. The number of carbonyl (C=O) groups excluding carboxylic acids is 2. The number of hydrogen-bond donors (Lipinski definition) is 3. The number of benzene rings is 1. The smallest absolute Gasteiger partial charge is 0.250 e. The molecule has 0 aliphatic heterocycles. The Labute approximate surface area is 112 Å². The monoisotopic (exact) mass is 264 g/mol. The Balaban J connectivity index is 2.76. The maximum atomic E-state index is 11.8. The van der Waals surface area contributed by atoms with Crippen LogP contribution in [0, 0.1) is 0 Å². The standard InChI is InChI=1S/C13H20N4O2/c1-3-17(4-2)11(18)8-16-10-7-5-6-9(12(10)14)13(15)19/h5-7,16H,3-4,8,14H2,1-2H3,(H2,15,19). The number of carbonyl (C=O) groups is 2. The summed E-state index contributed by atoms with van der Waals surface area (Å²) >= 11 is 0. The van der Waals surface area contributed by atoms with Crippen LogP contribution < -0.4 is 16.8 Å². The van der Waals surface area contributed by atoms with Crippen LogP contribution in [0.25, 0.3) is 0 Å². The molecule has 5 N–H and O–H groups in total. The first-order valence-corrected chi connectivity index (χ1v) is 6.21. The maximum absolute atomic E-state index is 11.8. The lowest BCUT2D eigenvalue weighted by Crippen LogP contribution is -2.35. The van der Waals surface area contributed by atoms with E-state index in [1.807, 2.05) is 13.8 Å². The molecule has 0 bridgehead atoms. The molecule has 0 radical (unpaired) electrons. The molecule has 19 heavy (non-hydrogen) atoms. The van der Waals surface area contributed by atoms with Crippen LogP contribution in [0.15, 0.2) is 18.2 Å². The zero-order valence-electron chi connectivity index (χ0n) is 11.3. The van der Waals surface area contributed by atoms with Gasteiger partial charge >= 0.3 is 0 Å². The Bertz CT molecular complexity index is 470. The quantitative estimate of drug-likeness (QED) is 0.656. The normalized spacial score (nSPS) is 10.0. The summed E-state index contributed by atoms with van der Waals surface area (Å²) in [5.41, 5.74) is 12.1. The largest absolute Gasteiger partial charge is 0.396 e. The second-order valence-corrected chi connectivity index (χ2v) is 4.05. The zero-order valence-corrected chi connectivity index (χ0v) is 11.3. The molecule has 0 heterocycles. The van der Waals surface area contributed by atoms with Crippen molar-refractivity contribution in [1.82, 2.24) is 4.90 Å². The zero-order chi connectivity index (χ0) is 14.4. The van der Waals surface area contributed by atoms with E-state index in [1.54, 1.807) is 23.1 Å². The summed E-state index contributed by atoms with van der Waals surface area (Å²) in [6, 6.07) is 4.92. The number of nitrogens with two attached hydrogens (primary N) is 2. The lowest BCUT2D eigenvalue weighted by molar-refractivity contribution is -0.128. The van der Waals surface area contributed by atoms with Crippen LogP contribution in [0.3, 0.4) is 0 Å². The fourth-order valence-corrected chi connectivity index (χ4v) is 1.79. The van der Waals surface area contributed by atoms with Gasteiger partial charge in [-0.25, -0.2) is 0 Å². The summed E-state index contributed by atoms with van der Waals surface area (Å²) in [4.78, 5) is 24.7. The molecule has 1 aromatic carbocycles. The van der Waals surface area contributed by atoms with Crippen LogP contribution in [0.4, 0.5) is 11.4 Å². The van der Waals surface area contributed by atoms with Crippen molar-refractivity contribution in [3.8, 4) is 0 Å². The van der Waals surface area contributed by atoms with Gasteiger partial charge in [-0.15, -0.1) is 0 Å². The molecule has 0 fully saturated rings. The first-order chi connectivity index (χ1) is 9.01. The molecule has 2 amide bonds. The van der Waals surface area contributed by atoms with E-state index in [9.17, 15) is 9.59 Å². The van der Waals surface area contributed by atoms with E-state index < -0.39 is 5.91 Å². The van der Waals surface area contributed by atoms with Crippen molar-refractivity contribution in [1.29, 1.82) is 0 Å². The number of rotatable bonds is 6. The number of nitrogens with one attached hydrogen (secondary N) is 1. The molecule has 0 saturated carbocycles. The highest BCUT2D eigenvalue weighted by molar-refractivity contribution is 6.01. The predicted molar refractivity (Wildman–Crippen MR) is 75.8 cm³/mol. The fourth-order valence-electron chi connectivity index (χ4n) is 1.79. The van der Waals surface area contributed by atoms with Crippen molar-refractivity contribution >= 4 is 23.2 Å². The minimum Gasteiger partial charge on any atom is -0.396 e. The van der Waals surface area contributed by atoms with E-state index >= 15 is 0 Å². The van der Waals surface area contributed by atoms with E-state index in [4.69, 9.17) is 11.5 Å². The lowest BCUT2D eigenvalue weighted by atomic mass is 10.1. The SMILES string of the molecule is CCN(CC)C(=O)CNc1cccc(C(N)=O)c1N. The average molecular weight is 264 g/mol. The highest BCUT2D eigenvalue weighted by Gasteiger charge is 2.12. The lowest BCUT2D eigenvalue weighted by Gasteiger charge is -2.19. The van der Waals surface area contributed by atoms with Crippen molar-refractivity contribution in [2.75, 3.05) is 30.7 Å². The van der Waals surface area contributed by atoms with Crippen LogP contribution in [0.5, 0.6) is 0 Å². The number of primary amides is 1. The molecular weight excluding hydrogens is 244 g/mol. The van der Waals surface area contributed by atoms with Crippen molar-refractivity contribution < 1.29 is 9.59 Å². The maximum Gasteiger partial charge on any atom is 0.250 e. The van der Waals surface area contributed by atoms with Crippen LogP contribution in [-0.4, -0.2) is 36.3 Å². The molecule has 6 nitrogen and oxygen atoms in total. The Hall–Kier alpha value is -2.24. The van der Waals surface area contributed by atoms with Crippen molar-refractivity contribution in [2.24, 2.45) is 5.73 Å². The van der Waals surface area contributed by atoms with Crippen LogP contribution in [0.1, 0.15) is 24.2 Å². The Morgan fingerprint density at radius 1 is 1.26 bits per heavy atom. The van der Waals surface area contributed by atoms with Crippen molar-refractivity contribution in [3.05, 3.63) is 23.8 Å². The number of anilines is 2. The van der Waals surface area contributed by atoms with Gasteiger partial charge in [-0.3, -0.25) is 9.59 Å². The van der Waals surface area contributed by atoms with Gasteiger partial charge in [0.05, 0.1) is 23.5 Å². The minimum atomic E-state index is -0.587. The van der Waals surface area contributed by atoms with Gasteiger partial charge in [-0.2, -0.15) is 0 Å². The second kappa shape index (κ2) is 6.63. The number of nitrogen functional groups attached to an aromatic ring is 1. The molecule has 0 aliphatic rings. The summed E-state index contributed by atoms with van der Waals surface area (Å²) in [7, 11) is 0. The summed E-state index contributed by atoms with van der Waals surface area (Å²) in [6.45, 7) is 5.29. The average Bonchev–Trinajstić information content (AvgIpc) is 2.38. The van der Waals surface area contributed by atoms with Gasteiger partial charge in [0, 0.05) is 13.1 Å². The Kier molecular flexibility index (Phi) is 5.17. The number of likely N-dealkylation sites (N-methyl/N-ethyl adjacent to an activating group) is 1. The number of para-hydroxylation sites is 1. The highest BCUT2D eigenvalue weighted by atomic mass is 16.2. The van der Waals surface area contributed by atoms with E-state index in [2.05, 4.69) is 5.32 Å². The van der Waals surface area contributed by atoms with E-state index in [-0.39, 0.29) is 23.7 Å². The van der Waals surface area contributed by atoms with Crippen LogP contribution >= 0.6 is 0 Å². The molecule has 1 rings (SSSR count). The molecule has 0 unspecified atom stereocenters. The van der Waals surface area contributed by atoms with Crippen molar-refractivity contribution in [3.63, 3.8) is 0 Å². The number of amides is 2. The third kappa shape index (κ3) is 3.61. The van der Waals surface area contributed by atoms with Gasteiger partial charge in [0.15, 0.2) is 0 Å². The van der Waals surface area contributed by atoms with Crippen molar-refractivity contribution in [2.45, 2.75) is 13.8 Å². The second-order valence-electron chi connectivity index (χ2n) is 4.05. The fraction of sp³-hybridized carbons (Fsp3) is 0.385. The Morgan fingerprint density at radius 2 is 1.89 bits per heavy atom. The van der Waals surface area contributed by atoms with Gasteiger partial charge in [-0.05, 0) is 26.0 Å². The van der Waals surface area contributed by atoms with E-state index in [0.29, 0.717) is 18.8 Å². The minimum absolute atomic E-state index is 0.0196. The molecule has 0 spiro atoms. The molecular formula is C13H20N4O2. The summed E-state index contributed by atoms with van der Waals surface area (Å²) in [5.74, 6) is -0.606. The van der Waals surface area contributed by atoms with Gasteiger partial charge in [0.1, 0.15) is 0 Å². The Morgan fingerprint density at radius 3 is 2.42 bits per heavy atom. The molecule has 0 aliphatic carbocycles. The molecule has 0 aromatic heterocycles. The molecule has 104 valence electrons. The third-order valence-corrected chi connectivity index (χ3v) is 2.92. The molecule has 0 saturated heterocycles. The van der Waals surface area contributed by atoms with E-state index in [0.717, 1.165) is 0 Å². The summed E-state index contributed by atoms with van der Waals surface area (Å²) in [6.07, 6.45) is 0. The topological polar surface area (TPSA) is 101 Å². The molecule has 1 aromatic rings. The van der Waals surface area contributed by atoms with Gasteiger partial charge in [0.2, 0.25) is 5.91 Å². The van der Waals surface area contributed by atoms with E-state index in [1.165, 1.54) is 0 Å². The van der Waals surface area contributed by atoms with Gasteiger partial charge in [-0.1, -0.05) is 6.07 Å². The first kappa shape index (κ1) is 14.8. The first-order valence-electron chi connectivity index (χ1n) is 6.21.